The van der Waals surface area contributed by atoms with Crippen LogP contribution >= 0.6 is 0 Å². The minimum atomic E-state index is -3.67. The third kappa shape index (κ3) is 5.41. The molecule has 0 aromatic carbocycles. The molecule has 116 valence electrons. The molecule has 0 spiro atoms. The van der Waals surface area contributed by atoms with Crippen LogP contribution in [0.1, 0.15) is 18.5 Å². The van der Waals surface area contributed by atoms with E-state index in [-0.39, 0.29) is 24.8 Å². The highest BCUT2D eigenvalue weighted by atomic mass is 32.2. The molecular weight excluding hydrogens is 292 g/mol. The van der Waals surface area contributed by atoms with E-state index >= 15 is 0 Å². The molecule has 1 aliphatic heterocycles. The number of rotatable bonds is 5. The van der Waals surface area contributed by atoms with Crippen molar-refractivity contribution < 1.29 is 13.2 Å². The van der Waals surface area contributed by atoms with E-state index in [0.29, 0.717) is 13.1 Å². The van der Waals surface area contributed by atoms with Gasteiger partial charge in [-0.25, -0.2) is 9.86 Å². The summed E-state index contributed by atoms with van der Waals surface area (Å²) >= 11 is 0. The van der Waals surface area contributed by atoms with Gasteiger partial charge in [0.25, 0.3) is 10.2 Å². The van der Waals surface area contributed by atoms with Crippen LogP contribution in [-0.4, -0.2) is 43.8 Å². The van der Waals surface area contributed by atoms with E-state index in [0.717, 1.165) is 18.5 Å². The van der Waals surface area contributed by atoms with Crippen molar-refractivity contribution in [2.75, 3.05) is 19.6 Å². The topological polar surface area (TPSA) is 105 Å². The molecule has 7 nitrogen and oxygen atoms in total. The van der Waals surface area contributed by atoms with Crippen molar-refractivity contribution in [1.29, 1.82) is 0 Å². The fraction of sp³-hybridized carbons (Fsp3) is 0.538. The summed E-state index contributed by atoms with van der Waals surface area (Å²) in [5, 5.41) is 4.92. The molecule has 0 saturated carbocycles. The summed E-state index contributed by atoms with van der Waals surface area (Å²) < 4.78 is 24.1. The fourth-order valence-electron chi connectivity index (χ4n) is 2.46. The lowest BCUT2D eigenvalue weighted by molar-refractivity contribution is -0.132. The average Bonchev–Trinajstić information content (AvgIpc) is 2.46. The maximum Gasteiger partial charge on any atom is 0.274 e. The second-order valence-corrected chi connectivity index (χ2v) is 6.62. The number of nitrogens with zero attached hydrogens (tertiary/aromatic N) is 2. The molecule has 0 aliphatic carbocycles. The number of piperidine rings is 1. The van der Waals surface area contributed by atoms with Crippen molar-refractivity contribution in [2.45, 2.75) is 19.3 Å². The maximum absolute atomic E-state index is 12.2. The van der Waals surface area contributed by atoms with Crippen molar-refractivity contribution in [1.82, 2.24) is 14.6 Å². The van der Waals surface area contributed by atoms with E-state index in [9.17, 15) is 13.2 Å². The minimum absolute atomic E-state index is 0.0222. The third-order valence-electron chi connectivity index (χ3n) is 3.50. The predicted molar refractivity (Wildman–Crippen MR) is 78.4 cm³/mol. The number of pyridine rings is 1. The lowest BCUT2D eigenvalue weighted by Crippen LogP contribution is -2.45. The first-order valence-corrected chi connectivity index (χ1v) is 8.44. The fourth-order valence-corrected chi connectivity index (χ4v) is 2.93. The molecule has 1 atom stereocenters. The highest BCUT2D eigenvalue weighted by molar-refractivity contribution is 7.87. The van der Waals surface area contributed by atoms with Gasteiger partial charge in [-0.2, -0.15) is 8.42 Å². The van der Waals surface area contributed by atoms with E-state index in [2.05, 4.69) is 9.71 Å². The molecule has 1 aromatic heterocycles. The van der Waals surface area contributed by atoms with Crippen molar-refractivity contribution in [3.8, 4) is 0 Å². The summed E-state index contributed by atoms with van der Waals surface area (Å²) in [4.78, 5) is 18.2. The lowest BCUT2D eigenvalue weighted by Gasteiger charge is -2.32. The van der Waals surface area contributed by atoms with Crippen LogP contribution in [0.2, 0.25) is 0 Å². The van der Waals surface area contributed by atoms with Gasteiger partial charge in [-0.3, -0.25) is 9.78 Å². The molecular formula is C13H20N4O3S. The van der Waals surface area contributed by atoms with E-state index in [4.69, 9.17) is 5.14 Å². The Morgan fingerprint density at radius 3 is 2.95 bits per heavy atom. The van der Waals surface area contributed by atoms with Crippen LogP contribution in [0.4, 0.5) is 0 Å². The second-order valence-electron chi connectivity index (χ2n) is 5.24. The van der Waals surface area contributed by atoms with Gasteiger partial charge in [0.1, 0.15) is 0 Å². The normalized spacial score (nSPS) is 19.5. The molecule has 1 fully saturated rings. The first-order valence-electron chi connectivity index (χ1n) is 6.89. The molecule has 3 N–H and O–H groups in total. The number of likely N-dealkylation sites (tertiary alicyclic amines) is 1. The first kappa shape index (κ1) is 15.9. The van der Waals surface area contributed by atoms with Gasteiger partial charge in [0.15, 0.2) is 0 Å². The third-order valence-corrected chi connectivity index (χ3v) is 4.07. The van der Waals surface area contributed by atoms with Gasteiger partial charge in [0.2, 0.25) is 5.91 Å². The Morgan fingerprint density at radius 2 is 2.29 bits per heavy atom. The van der Waals surface area contributed by atoms with Crippen LogP contribution in [0.5, 0.6) is 0 Å². The number of hydrogen-bond donors (Lipinski definition) is 2. The van der Waals surface area contributed by atoms with E-state index < -0.39 is 10.2 Å². The zero-order valence-electron chi connectivity index (χ0n) is 11.7. The van der Waals surface area contributed by atoms with Gasteiger partial charge in [-0.05, 0) is 30.9 Å². The molecule has 1 aliphatic rings. The van der Waals surface area contributed by atoms with Crippen molar-refractivity contribution in [3.63, 3.8) is 0 Å². The van der Waals surface area contributed by atoms with Crippen LogP contribution in [0, 0.1) is 5.92 Å². The Balaban J connectivity index is 1.87. The Hall–Kier alpha value is -1.51. The predicted octanol–water partition coefficient (Wildman–Crippen LogP) is -0.344. The first-order chi connectivity index (χ1) is 9.94. The molecule has 0 bridgehead atoms. The Morgan fingerprint density at radius 1 is 1.48 bits per heavy atom. The van der Waals surface area contributed by atoms with Crippen LogP contribution in [0.15, 0.2) is 24.4 Å². The number of carbonyl (C=O) groups is 1. The lowest BCUT2D eigenvalue weighted by atomic mass is 9.98. The summed E-state index contributed by atoms with van der Waals surface area (Å²) in [6, 6.07) is 5.48. The summed E-state index contributed by atoms with van der Waals surface area (Å²) in [7, 11) is -3.67. The van der Waals surface area contributed by atoms with Gasteiger partial charge in [-0.15, -0.1) is 0 Å². The van der Waals surface area contributed by atoms with Crippen LogP contribution in [0.3, 0.4) is 0 Å². The highest BCUT2D eigenvalue weighted by Crippen LogP contribution is 2.16. The van der Waals surface area contributed by atoms with Gasteiger partial charge in [0, 0.05) is 31.5 Å². The maximum atomic E-state index is 12.2. The highest BCUT2D eigenvalue weighted by Gasteiger charge is 2.24. The molecule has 21 heavy (non-hydrogen) atoms. The number of hydrogen-bond acceptors (Lipinski definition) is 4. The largest absolute Gasteiger partial charge is 0.342 e. The Labute approximate surface area is 124 Å². The molecule has 1 saturated heterocycles. The summed E-state index contributed by atoms with van der Waals surface area (Å²) in [6.45, 7) is 1.53. The van der Waals surface area contributed by atoms with Gasteiger partial charge >= 0.3 is 0 Å². The molecule has 8 heteroatoms. The zero-order valence-corrected chi connectivity index (χ0v) is 12.6. The summed E-state index contributed by atoms with van der Waals surface area (Å²) in [5.41, 5.74) is 0.743. The summed E-state index contributed by atoms with van der Waals surface area (Å²) in [6.07, 6.45) is 3.69. The minimum Gasteiger partial charge on any atom is -0.342 e. The summed E-state index contributed by atoms with van der Waals surface area (Å²) in [5.74, 6) is 0.124. The van der Waals surface area contributed by atoms with Crippen molar-refractivity contribution in [2.24, 2.45) is 11.1 Å². The molecule has 2 heterocycles. The van der Waals surface area contributed by atoms with Gasteiger partial charge in [0.05, 0.1) is 6.42 Å². The molecule has 1 aromatic rings. The van der Waals surface area contributed by atoms with E-state index in [1.54, 1.807) is 11.1 Å². The zero-order chi connectivity index (χ0) is 15.3. The quantitative estimate of drug-likeness (QED) is 0.775. The number of aromatic nitrogens is 1. The van der Waals surface area contributed by atoms with E-state index in [1.165, 1.54) is 0 Å². The van der Waals surface area contributed by atoms with Gasteiger partial charge < -0.3 is 4.90 Å². The second kappa shape index (κ2) is 6.97. The van der Waals surface area contributed by atoms with E-state index in [1.807, 2.05) is 18.2 Å². The molecule has 0 radical (unpaired) electrons. The number of amides is 1. The standard InChI is InChI=1S/C13H20N4O3S/c14-21(19,20)16-9-11-4-3-7-17(10-11)13(18)8-12-5-1-2-6-15-12/h1-2,5-6,11,16H,3-4,7-10H2,(H2,14,19,20). The van der Waals surface area contributed by atoms with Crippen molar-refractivity contribution in [3.05, 3.63) is 30.1 Å². The molecule has 1 amide bonds. The molecule has 1 unspecified atom stereocenters. The van der Waals surface area contributed by atoms with Crippen LogP contribution < -0.4 is 9.86 Å². The Kier molecular flexibility index (Phi) is 5.27. The van der Waals surface area contributed by atoms with Crippen LogP contribution in [0.25, 0.3) is 0 Å². The molecule has 2 rings (SSSR count). The van der Waals surface area contributed by atoms with Crippen LogP contribution in [-0.2, 0) is 21.4 Å². The number of nitrogens with one attached hydrogen (secondary N) is 1. The van der Waals surface area contributed by atoms with Gasteiger partial charge in [-0.1, -0.05) is 6.07 Å². The smallest absolute Gasteiger partial charge is 0.274 e. The SMILES string of the molecule is NS(=O)(=O)NCC1CCCN(C(=O)Cc2ccccn2)C1. The average molecular weight is 312 g/mol. The monoisotopic (exact) mass is 312 g/mol. The Bertz CT molecular complexity index is 576. The number of nitrogens with two attached hydrogens (primary N) is 1. The number of carbonyl (C=O) groups excluding carboxylic acids is 1. The van der Waals surface area contributed by atoms with Crippen molar-refractivity contribution >= 4 is 16.1 Å².